The number of rotatable bonds is 4. The monoisotopic (exact) mass is 323 g/mol. The molecule has 0 spiro atoms. The number of nitrogens with one attached hydrogen (secondary N) is 1. The van der Waals surface area contributed by atoms with E-state index in [9.17, 15) is 4.39 Å². The van der Waals surface area contributed by atoms with Gasteiger partial charge in [-0.15, -0.1) is 0 Å². The van der Waals surface area contributed by atoms with Crippen LogP contribution in [0.25, 0.3) is 0 Å². The van der Waals surface area contributed by atoms with Gasteiger partial charge in [-0.1, -0.05) is 11.6 Å². The normalized spacial score (nSPS) is 11.6. The van der Waals surface area contributed by atoms with Crippen molar-refractivity contribution in [2.75, 3.05) is 18.5 Å². The molecule has 0 heterocycles. The van der Waals surface area contributed by atoms with Gasteiger partial charge in [-0.2, -0.15) is 0 Å². The molecular formula is C12H16BrClFNO. The zero-order chi connectivity index (χ0) is 13.1. The van der Waals surface area contributed by atoms with Gasteiger partial charge >= 0.3 is 0 Å². The van der Waals surface area contributed by atoms with Crippen molar-refractivity contribution in [3.05, 3.63) is 27.4 Å². The van der Waals surface area contributed by atoms with Crippen LogP contribution in [-0.4, -0.2) is 18.8 Å². The highest BCUT2D eigenvalue weighted by Gasteiger charge is 2.10. The fraction of sp³-hybridized carbons (Fsp3) is 0.500. The maximum Gasteiger partial charge on any atom is 0.125 e. The molecule has 0 fully saturated rings. The van der Waals surface area contributed by atoms with Crippen LogP contribution in [0.2, 0.25) is 5.02 Å². The minimum Gasteiger partial charge on any atom is -0.381 e. The Balaban J connectivity index is 2.53. The van der Waals surface area contributed by atoms with Crippen LogP contribution < -0.4 is 5.32 Å². The molecule has 0 aromatic heterocycles. The predicted molar refractivity (Wildman–Crippen MR) is 73.3 cm³/mol. The SMILES string of the molecule is CC(C)(C)OCCNc1c(Cl)cc(F)cc1Br. The molecule has 17 heavy (non-hydrogen) atoms. The third-order valence-corrected chi connectivity index (χ3v) is 2.87. The van der Waals surface area contributed by atoms with Crippen LogP contribution in [0, 0.1) is 5.82 Å². The molecule has 0 radical (unpaired) electrons. The van der Waals surface area contributed by atoms with Crippen molar-refractivity contribution in [3.8, 4) is 0 Å². The fourth-order valence-electron chi connectivity index (χ4n) is 1.24. The molecular weight excluding hydrogens is 308 g/mol. The van der Waals surface area contributed by atoms with Crippen molar-refractivity contribution in [2.24, 2.45) is 0 Å². The highest BCUT2D eigenvalue weighted by atomic mass is 79.9. The molecule has 0 aliphatic heterocycles. The Morgan fingerprint density at radius 1 is 1.41 bits per heavy atom. The summed E-state index contributed by atoms with van der Waals surface area (Å²) >= 11 is 9.19. The summed E-state index contributed by atoms with van der Waals surface area (Å²) in [5.74, 6) is -0.363. The Bertz CT molecular complexity index is 370. The summed E-state index contributed by atoms with van der Waals surface area (Å²) in [6, 6.07) is 2.65. The number of hydrogen-bond donors (Lipinski definition) is 1. The van der Waals surface area contributed by atoms with Gasteiger partial charge in [-0.05, 0) is 48.8 Å². The van der Waals surface area contributed by atoms with E-state index >= 15 is 0 Å². The summed E-state index contributed by atoms with van der Waals surface area (Å²) in [7, 11) is 0. The zero-order valence-corrected chi connectivity index (χ0v) is 12.5. The van der Waals surface area contributed by atoms with Crippen LogP contribution in [0.1, 0.15) is 20.8 Å². The van der Waals surface area contributed by atoms with Gasteiger partial charge in [0.2, 0.25) is 0 Å². The topological polar surface area (TPSA) is 21.3 Å². The summed E-state index contributed by atoms with van der Waals surface area (Å²) in [4.78, 5) is 0. The van der Waals surface area contributed by atoms with E-state index in [1.165, 1.54) is 12.1 Å². The quantitative estimate of drug-likeness (QED) is 0.825. The van der Waals surface area contributed by atoms with Gasteiger partial charge in [-0.25, -0.2) is 4.39 Å². The Morgan fingerprint density at radius 3 is 2.59 bits per heavy atom. The van der Waals surface area contributed by atoms with E-state index in [0.717, 1.165) is 0 Å². The molecule has 0 saturated heterocycles. The van der Waals surface area contributed by atoms with Gasteiger partial charge in [0.15, 0.2) is 0 Å². The highest BCUT2D eigenvalue weighted by Crippen LogP contribution is 2.31. The average molecular weight is 325 g/mol. The number of benzene rings is 1. The minimum absolute atomic E-state index is 0.161. The molecule has 0 atom stereocenters. The van der Waals surface area contributed by atoms with Crippen LogP contribution in [0.4, 0.5) is 10.1 Å². The lowest BCUT2D eigenvalue weighted by molar-refractivity contribution is 0.00333. The fourth-order valence-corrected chi connectivity index (χ4v) is 2.20. The molecule has 0 aliphatic rings. The van der Waals surface area contributed by atoms with Gasteiger partial charge in [0.25, 0.3) is 0 Å². The van der Waals surface area contributed by atoms with Crippen molar-refractivity contribution in [1.29, 1.82) is 0 Å². The molecule has 0 bridgehead atoms. The van der Waals surface area contributed by atoms with Crippen molar-refractivity contribution in [2.45, 2.75) is 26.4 Å². The molecule has 2 nitrogen and oxygen atoms in total. The van der Waals surface area contributed by atoms with Gasteiger partial charge < -0.3 is 10.1 Å². The summed E-state index contributed by atoms with van der Waals surface area (Å²) in [6.07, 6.45) is 0. The largest absolute Gasteiger partial charge is 0.381 e. The number of ether oxygens (including phenoxy) is 1. The Labute approximate surface area is 115 Å². The van der Waals surface area contributed by atoms with E-state index < -0.39 is 0 Å². The number of anilines is 1. The first kappa shape index (κ1) is 14.7. The van der Waals surface area contributed by atoms with Crippen molar-refractivity contribution >= 4 is 33.2 Å². The summed E-state index contributed by atoms with van der Waals surface area (Å²) in [6.45, 7) is 7.15. The maximum atomic E-state index is 13.0. The van der Waals surface area contributed by atoms with E-state index in [4.69, 9.17) is 16.3 Å². The smallest absolute Gasteiger partial charge is 0.125 e. The first-order valence-electron chi connectivity index (χ1n) is 5.32. The van der Waals surface area contributed by atoms with Crippen molar-refractivity contribution < 1.29 is 9.13 Å². The van der Waals surface area contributed by atoms with Crippen molar-refractivity contribution in [3.63, 3.8) is 0 Å². The Morgan fingerprint density at radius 2 is 2.06 bits per heavy atom. The van der Waals surface area contributed by atoms with Crippen LogP contribution in [0.15, 0.2) is 16.6 Å². The summed E-state index contributed by atoms with van der Waals surface area (Å²) < 4.78 is 19.2. The lowest BCUT2D eigenvalue weighted by Gasteiger charge is -2.20. The van der Waals surface area contributed by atoms with Crippen LogP contribution in [-0.2, 0) is 4.74 Å². The summed E-state index contributed by atoms with van der Waals surface area (Å²) in [5, 5.41) is 3.46. The molecule has 1 rings (SSSR count). The van der Waals surface area contributed by atoms with E-state index in [-0.39, 0.29) is 11.4 Å². The van der Waals surface area contributed by atoms with Gasteiger partial charge in [-0.3, -0.25) is 0 Å². The first-order chi connectivity index (χ1) is 7.79. The molecule has 0 amide bonds. The Hall–Kier alpha value is -0.320. The number of hydrogen-bond acceptors (Lipinski definition) is 2. The highest BCUT2D eigenvalue weighted by molar-refractivity contribution is 9.10. The van der Waals surface area contributed by atoms with Crippen molar-refractivity contribution in [1.82, 2.24) is 0 Å². The number of halogens is 3. The molecule has 0 aliphatic carbocycles. The van der Waals surface area contributed by atoms with E-state index in [2.05, 4.69) is 21.2 Å². The average Bonchev–Trinajstić information content (AvgIpc) is 2.13. The standard InChI is InChI=1S/C12H16BrClFNO/c1-12(2,3)17-5-4-16-11-9(13)6-8(15)7-10(11)14/h6-7,16H,4-5H2,1-3H3. The van der Waals surface area contributed by atoms with Crippen LogP contribution >= 0.6 is 27.5 Å². The second-order valence-electron chi connectivity index (χ2n) is 4.63. The third kappa shape index (κ3) is 5.23. The maximum absolute atomic E-state index is 13.0. The van der Waals surface area contributed by atoms with E-state index in [1.807, 2.05) is 20.8 Å². The Kier molecular flexibility index (Phi) is 5.22. The van der Waals surface area contributed by atoms with Crippen LogP contribution in [0.3, 0.4) is 0 Å². The second-order valence-corrected chi connectivity index (χ2v) is 5.89. The molecule has 1 aromatic carbocycles. The minimum atomic E-state index is -0.363. The molecule has 5 heteroatoms. The lowest BCUT2D eigenvalue weighted by atomic mass is 10.2. The van der Waals surface area contributed by atoms with E-state index in [0.29, 0.717) is 28.3 Å². The van der Waals surface area contributed by atoms with Gasteiger partial charge in [0.1, 0.15) is 5.82 Å². The first-order valence-corrected chi connectivity index (χ1v) is 6.49. The lowest BCUT2D eigenvalue weighted by Crippen LogP contribution is -2.23. The molecule has 96 valence electrons. The molecule has 1 aromatic rings. The van der Waals surface area contributed by atoms with E-state index in [1.54, 1.807) is 0 Å². The second kappa shape index (κ2) is 6.03. The third-order valence-electron chi connectivity index (χ3n) is 1.95. The summed E-state index contributed by atoms with van der Waals surface area (Å²) in [5.41, 5.74) is 0.525. The van der Waals surface area contributed by atoms with Gasteiger partial charge in [0, 0.05) is 11.0 Å². The molecule has 0 saturated carbocycles. The van der Waals surface area contributed by atoms with Gasteiger partial charge in [0.05, 0.1) is 22.9 Å². The zero-order valence-electron chi connectivity index (χ0n) is 10.1. The molecule has 0 unspecified atom stereocenters. The van der Waals surface area contributed by atoms with Crippen LogP contribution in [0.5, 0.6) is 0 Å². The molecule has 1 N–H and O–H groups in total. The predicted octanol–water partition coefficient (Wildman–Crippen LogP) is 4.47.